The first-order valence-corrected chi connectivity index (χ1v) is 12.0. The molecular formula is C29H35Cl2N3O2. The van der Waals surface area contributed by atoms with Gasteiger partial charge in [-0.15, -0.1) is 24.8 Å². The maximum Gasteiger partial charge on any atom is 0.336 e. The number of carbonyl (C=O) groups is 1. The van der Waals surface area contributed by atoms with Crippen LogP contribution in [0.15, 0.2) is 66.7 Å². The van der Waals surface area contributed by atoms with Crippen molar-refractivity contribution in [3.05, 3.63) is 89.2 Å². The van der Waals surface area contributed by atoms with Crippen LogP contribution in [-0.2, 0) is 19.4 Å². The highest BCUT2D eigenvalue weighted by Gasteiger charge is 2.15. The normalized spacial score (nSPS) is 10.8. The van der Waals surface area contributed by atoms with Crippen molar-refractivity contribution in [2.75, 3.05) is 20.6 Å². The summed E-state index contributed by atoms with van der Waals surface area (Å²) in [5.41, 5.74) is 6.78. The smallest absolute Gasteiger partial charge is 0.336 e. The van der Waals surface area contributed by atoms with E-state index in [0.29, 0.717) is 5.56 Å². The summed E-state index contributed by atoms with van der Waals surface area (Å²) in [6.45, 7) is 3.95. The highest BCUT2D eigenvalue weighted by molar-refractivity contribution is 5.96. The van der Waals surface area contributed by atoms with E-state index in [1.807, 2.05) is 24.3 Å². The topological polar surface area (TPSA) is 58.4 Å². The van der Waals surface area contributed by atoms with Gasteiger partial charge in [0.05, 0.1) is 16.6 Å². The number of rotatable bonds is 10. The number of aryl methyl sites for hydroxylation is 1. The molecule has 0 unspecified atom stereocenters. The van der Waals surface area contributed by atoms with E-state index in [1.165, 1.54) is 16.6 Å². The van der Waals surface area contributed by atoms with Crippen molar-refractivity contribution in [3.63, 3.8) is 0 Å². The van der Waals surface area contributed by atoms with Gasteiger partial charge in [-0.05, 0) is 61.3 Å². The van der Waals surface area contributed by atoms with E-state index in [9.17, 15) is 9.90 Å². The third-order valence-electron chi connectivity index (χ3n) is 6.27. The lowest BCUT2D eigenvalue weighted by Gasteiger charge is -2.14. The molecule has 7 heteroatoms. The minimum absolute atomic E-state index is 0. The zero-order valence-corrected chi connectivity index (χ0v) is 22.7. The van der Waals surface area contributed by atoms with Gasteiger partial charge in [-0.1, -0.05) is 67.9 Å². The van der Waals surface area contributed by atoms with Crippen LogP contribution in [0, 0.1) is 0 Å². The molecule has 0 aliphatic rings. The quantitative estimate of drug-likeness (QED) is 0.248. The molecule has 1 aromatic heterocycles. The molecule has 0 radical (unpaired) electrons. The molecule has 0 fully saturated rings. The number of carboxylic acids is 1. The number of nitrogens with zero attached hydrogens (tertiary/aromatic N) is 3. The Morgan fingerprint density at radius 1 is 0.944 bits per heavy atom. The second-order valence-corrected chi connectivity index (χ2v) is 9.10. The maximum atomic E-state index is 11.6. The minimum Gasteiger partial charge on any atom is -0.478 e. The van der Waals surface area contributed by atoms with Gasteiger partial charge in [-0.3, -0.25) is 0 Å². The van der Waals surface area contributed by atoms with Crippen molar-refractivity contribution < 1.29 is 9.90 Å². The number of benzene rings is 3. The van der Waals surface area contributed by atoms with Crippen LogP contribution in [0.2, 0.25) is 0 Å². The molecule has 0 saturated carbocycles. The molecule has 4 rings (SSSR count). The van der Waals surface area contributed by atoms with Crippen molar-refractivity contribution in [1.29, 1.82) is 0 Å². The lowest BCUT2D eigenvalue weighted by atomic mass is 9.98. The molecule has 0 amide bonds. The molecule has 4 aromatic rings. The zero-order chi connectivity index (χ0) is 24.1. The first-order chi connectivity index (χ1) is 16.5. The van der Waals surface area contributed by atoms with Gasteiger partial charge in [0.15, 0.2) is 0 Å². The molecule has 192 valence electrons. The lowest BCUT2D eigenvalue weighted by Crippen LogP contribution is -2.15. The number of para-hydroxylation sites is 1. The SMILES string of the molecule is CCCCc1nc2cccc(CCN(C)C)c2n1Cc1ccc(-c2ccccc2C(=O)O)cc1.Cl.Cl. The Hall–Kier alpha value is -2.86. The van der Waals surface area contributed by atoms with Gasteiger partial charge in [0.1, 0.15) is 5.82 Å². The van der Waals surface area contributed by atoms with E-state index in [0.717, 1.165) is 61.2 Å². The summed E-state index contributed by atoms with van der Waals surface area (Å²) < 4.78 is 2.39. The van der Waals surface area contributed by atoms with E-state index in [-0.39, 0.29) is 24.8 Å². The number of hydrogen-bond acceptors (Lipinski definition) is 3. The number of hydrogen-bond donors (Lipinski definition) is 1. The number of likely N-dealkylation sites (N-methyl/N-ethyl adjacent to an activating group) is 1. The predicted octanol–water partition coefficient (Wildman–Crippen LogP) is 6.74. The van der Waals surface area contributed by atoms with Gasteiger partial charge < -0.3 is 14.6 Å². The van der Waals surface area contributed by atoms with E-state index in [1.54, 1.807) is 12.1 Å². The number of aromatic nitrogens is 2. The predicted molar refractivity (Wildman–Crippen MR) is 153 cm³/mol. The van der Waals surface area contributed by atoms with Crippen LogP contribution < -0.4 is 0 Å². The highest BCUT2D eigenvalue weighted by Crippen LogP contribution is 2.27. The summed E-state index contributed by atoms with van der Waals surface area (Å²) in [6.07, 6.45) is 4.19. The summed E-state index contributed by atoms with van der Waals surface area (Å²) in [4.78, 5) is 18.9. The van der Waals surface area contributed by atoms with Gasteiger partial charge in [0.2, 0.25) is 0 Å². The van der Waals surface area contributed by atoms with Crippen molar-refractivity contribution in [2.45, 2.75) is 39.2 Å². The molecule has 0 atom stereocenters. The third kappa shape index (κ3) is 6.67. The van der Waals surface area contributed by atoms with Gasteiger partial charge in [0.25, 0.3) is 0 Å². The Morgan fingerprint density at radius 2 is 1.67 bits per heavy atom. The second-order valence-electron chi connectivity index (χ2n) is 9.10. The molecule has 36 heavy (non-hydrogen) atoms. The largest absolute Gasteiger partial charge is 0.478 e. The van der Waals surface area contributed by atoms with E-state index in [2.05, 4.69) is 60.8 Å². The number of unbranched alkanes of at least 4 members (excludes halogenated alkanes) is 1. The Morgan fingerprint density at radius 3 is 2.33 bits per heavy atom. The fraction of sp³-hybridized carbons (Fsp3) is 0.310. The Labute approximate surface area is 226 Å². The Balaban J connectivity index is 0.00000228. The van der Waals surface area contributed by atoms with Crippen LogP contribution >= 0.6 is 24.8 Å². The van der Waals surface area contributed by atoms with Crippen LogP contribution in [0.25, 0.3) is 22.2 Å². The van der Waals surface area contributed by atoms with E-state index < -0.39 is 5.97 Å². The second kappa shape index (κ2) is 13.4. The Bertz CT molecular complexity index is 1280. The highest BCUT2D eigenvalue weighted by atomic mass is 35.5. The van der Waals surface area contributed by atoms with Gasteiger partial charge in [0, 0.05) is 19.5 Å². The van der Waals surface area contributed by atoms with Crippen LogP contribution in [0.5, 0.6) is 0 Å². The van der Waals surface area contributed by atoms with Crippen LogP contribution in [0.4, 0.5) is 0 Å². The first-order valence-electron chi connectivity index (χ1n) is 12.0. The number of halogens is 2. The molecule has 0 bridgehead atoms. The fourth-order valence-electron chi connectivity index (χ4n) is 4.44. The summed E-state index contributed by atoms with van der Waals surface area (Å²) in [7, 11) is 4.21. The number of imidazole rings is 1. The lowest BCUT2D eigenvalue weighted by molar-refractivity contribution is 0.0697. The van der Waals surface area contributed by atoms with Gasteiger partial charge in [-0.2, -0.15) is 0 Å². The molecule has 5 nitrogen and oxygen atoms in total. The van der Waals surface area contributed by atoms with Crippen molar-refractivity contribution in [1.82, 2.24) is 14.5 Å². The van der Waals surface area contributed by atoms with E-state index >= 15 is 0 Å². The summed E-state index contributed by atoms with van der Waals surface area (Å²) in [5, 5.41) is 9.55. The maximum absolute atomic E-state index is 11.6. The fourth-order valence-corrected chi connectivity index (χ4v) is 4.44. The van der Waals surface area contributed by atoms with Crippen molar-refractivity contribution >= 4 is 41.8 Å². The summed E-state index contributed by atoms with van der Waals surface area (Å²) >= 11 is 0. The molecular weight excluding hydrogens is 493 g/mol. The molecule has 1 heterocycles. The van der Waals surface area contributed by atoms with Crippen LogP contribution in [-0.4, -0.2) is 46.2 Å². The number of carboxylic acid groups (broad SMARTS) is 1. The average molecular weight is 529 g/mol. The molecule has 3 aromatic carbocycles. The van der Waals surface area contributed by atoms with Crippen molar-refractivity contribution in [3.8, 4) is 11.1 Å². The van der Waals surface area contributed by atoms with Gasteiger partial charge in [-0.25, -0.2) is 9.78 Å². The minimum atomic E-state index is -0.907. The van der Waals surface area contributed by atoms with Crippen molar-refractivity contribution in [2.24, 2.45) is 0 Å². The monoisotopic (exact) mass is 527 g/mol. The third-order valence-corrected chi connectivity index (χ3v) is 6.27. The van der Waals surface area contributed by atoms with Crippen LogP contribution in [0.3, 0.4) is 0 Å². The zero-order valence-electron chi connectivity index (χ0n) is 21.1. The molecule has 1 N–H and O–H groups in total. The Kier molecular flexibility index (Phi) is 11.0. The number of aromatic carboxylic acids is 1. The summed E-state index contributed by atoms with van der Waals surface area (Å²) in [5.74, 6) is 0.227. The first kappa shape index (κ1) is 29.4. The van der Waals surface area contributed by atoms with Gasteiger partial charge >= 0.3 is 5.97 Å². The average Bonchev–Trinajstić information content (AvgIpc) is 3.19. The molecule has 0 saturated heterocycles. The summed E-state index contributed by atoms with van der Waals surface area (Å²) in [6, 6.07) is 21.9. The van der Waals surface area contributed by atoms with E-state index in [4.69, 9.17) is 4.98 Å². The molecule has 0 aliphatic heterocycles. The number of fused-ring (bicyclic) bond motifs is 1. The van der Waals surface area contributed by atoms with Crippen LogP contribution in [0.1, 0.15) is 47.1 Å². The molecule has 0 aliphatic carbocycles. The standard InChI is InChI=1S/C29H33N3O2.2ClH/c1-4-5-13-27-30-26-12-8-9-23(18-19-31(2)3)28(26)32(27)20-21-14-16-22(17-15-21)24-10-6-7-11-25(24)29(33)34;;/h6-12,14-17H,4-5,13,18-20H2,1-3H3,(H,33,34);2*1H. The molecule has 0 spiro atoms.